The van der Waals surface area contributed by atoms with E-state index in [1.54, 1.807) is 0 Å². The van der Waals surface area contributed by atoms with Gasteiger partial charge in [0.25, 0.3) is 0 Å². The zero-order valence-corrected chi connectivity index (χ0v) is 13.2. The molecule has 0 spiro atoms. The van der Waals surface area contributed by atoms with Gasteiger partial charge in [-0.15, -0.1) is 0 Å². The van der Waals surface area contributed by atoms with Crippen molar-refractivity contribution in [1.29, 1.82) is 0 Å². The van der Waals surface area contributed by atoms with Gasteiger partial charge in [0.2, 0.25) is 0 Å². The fraction of sp³-hybridized carbons (Fsp3) is 0.533. The lowest BCUT2D eigenvalue weighted by atomic mass is 10.0. The number of nitrogens with zero attached hydrogens (tertiary/aromatic N) is 1. The van der Waals surface area contributed by atoms with Crippen molar-refractivity contribution in [2.75, 3.05) is 18.9 Å². The zero-order valence-electron chi connectivity index (χ0n) is 12.4. The minimum Gasteiger partial charge on any atom is -0.493 e. The molecule has 0 saturated carbocycles. The number of guanidine groups is 1. The third-order valence-corrected chi connectivity index (χ3v) is 6.47. The van der Waals surface area contributed by atoms with Crippen molar-refractivity contribution in [2.24, 2.45) is 10.7 Å². The number of ether oxygens (including phenoxy) is 1. The number of hydrogen-bond acceptors (Lipinski definition) is 4. The van der Waals surface area contributed by atoms with Crippen molar-refractivity contribution in [1.82, 2.24) is 5.32 Å². The van der Waals surface area contributed by atoms with Crippen molar-refractivity contribution < 1.29 is 13.2 Å². The summed E-state index contributed by atoms with van der Waals surface area (Å²) in [7, 11) is -2.97. The first-order chi connectivity index (χ1) is 10.6. The topological polar surface area (TPSA) is 93.8 Å². The summed E-state index contributed by atoms with van der Waals surface area (Å²) in [4.78, 5) is 4.23. The Morgan fingerprint density at radius 3 is 2.95 bits per heavy atom. The number of nitrogens with one attached hydrogen (secondary N) is 1. The van der Waals surface area contributed by atoms with Crippen molar-refractivity contribution >= 4 is 15.8 Å². The Labute approximate surface area is 130 Å². The molecule has 0 aliphatic carbocycles. The number of aliphatic imine (C=N–C) groups is 1. The van der Waals surface area contributed by atoms with E-state index in [1.165, 1.54) is 0 Å². The van der Waals surface area contributed by atoms with Crippen LogP contribution in [-0.2, 0) is 9.84 Å². The lowest BCUT2D eigenvalue weighted by molar-refractivity contribution is 0.262. The molecule has 0 bridgehead atoms. The van der Waals surface area contributed by atoms with Gasteiger partial charge in [-0.05, 0) is 18.9 Å². The van der Waals surface area contributed by atoms with Gasteiger partial charge in [0.05, 0.1) is 30.2 Å². The summed E-state index contributed by atoms with van der Waals surface area (Å²) in [5.74, 6) is 1.43. The van der Waals surface area contributed by atoms with E-state index in [-0.39, 0.29) is 23.6 Å². The SMILES string of the molecule is NC(=NCC1CCCS1(=O)=O)NC1CCOc2ccccc21. The van der Waals surface area contributed by atoms with E-state index in [0.29, 0.717) is 19.0 Å². The summed E-state index contributed by atoms with van der Waals surface area (Å²) < 4.78 is 29.2. The van der Waals surface area contributed by atoms with E-state index in [9.17, 15) is 8.42 Å². The summed E-state index contributed by atoms with van der Waals surface area (Å²) in [5, 5.41) is 2.80. The highest BCUT2D eigenvalue weighted by Gasteiger charge is 2.31. The van der Waals surface area contributed by atoms with Crippen LogP contribution in [-0.4, -0.2) is 38.5 Å². The number of fused-ring (bicyclic) bond motifs is 1. The molecule has 7 heteroatoms. The van der Waals surface area contributed by atoms with E-state index in [0.717, 1.165) is 24.2 Å². The predicted molar refractivity (Wildman–Crippen MR) is 85.7 cm³/mol. The van der Waals surface area contributed by atoms with Crippen LogP contribution >= 0.6 is 0 Å². The highest BCUT2D eigenvalue weighted by atomic mass is 32.2. The number of benzene rings is 1. The molecule has 0 aromatic heterocycles. The van der Waals surface area contributed by atoms with E-state index >= 15 is 0 Å². The van der Waals surface area contributed by atoms with Crippen LogP contribution in [0.3, 0.4) is 0 Å². The highest BCUT2D eigenvalue weighted by molar-refractivity contribution is 7.92. The Morgan fingerprint density at radius 1 is 1.36 bits per heavy atom. The fourth-order valence-electron chi connectivity index (χ4n) is 2.98. The van der Waals surface area contributed by atoms with Gasteiger partial charge < -0.3 is 15.8 Å². The Bertz CT molecular complexity index is 672. The first-order valence-electron chi connectivity index (χ1n) is 7.56. The first-order valence-corrected chi connectivity index (χ1v) is 9.27. The smallest absolute Gasteiger partial charge is 0.189 e. The van der Waals surface area contributed by atoms with Crippen LogP contribution in [0.4, 0.5) is 0 Å². The summed E-state index contributed by atoms with van der Waals surface area (Å²) in [6.45, 7) is 0.866. The molecule has 22 heavy (non-hydrogen) atoms. The normalized spacial score (nSPS) is 27.0. The number of hydrogen-bond donors (Lipinski definition) is 2. The number of para-hydroxylation sites is 1. The van der Waals surface area contributed by atoms with Gasteiger partial charge in [0.1, 0.15) is 5.75 Å². The summed E-state index contributed by atoms with van der Waals surface area (Å²) in [6.07, 6.45) is 2.21. The molecule has 0 amide bonds. The quantitative estimate of drug-likeness (QED) is 0.639. The van der Waals surface area contributed by atoms with Crippen LogP contribution in [0.25, 0.3) is 0 Å². The first kappa shape index (κ1) is 15.1. The van der Waals surface area contributed by atoms with Gasteiger partial charge in [-0.3, -0.25) is 4.99 Å². The van der Waals surface area contributed by atoms with Crippen molar-refractivity contribution in [3.63, 3.8) is 0 Å². The Hall–Kier alpha value is -1.76. The number of rotatable bonds is 3. The Kier molecular flexibility index (Phi) is 4.24. The molecule has 0 radical (unpaired) electrons. The minimum absolute atomic E-state index is 0.0499. The molecule has 1 aromatic carbocycles. The van der Waals surface area contributed by atoms with E-state index < -0.39 is 9.84 Å². The van der Waals surface area contributed by atoms with Crippen LogP contribution in [0.15, 0.2) is 29.3 Å². The molecule has 1 saturated heterocycles. The van der Waals surface area contributed by atoms with Crippen LogP contribution < -0.4 is 15.8 Å². The Morgan fingerprint density at radius 2 is 2.18 bits per heavy atom. The van der Waals surface area contributed by atoms with E-state index in [2.05, 4.69) is 10.3 Å². The average Bonchev–Trinajstić information content (AvgIpc) is 2.84. The minimum atomic E-state index is -2.97. The second-order valence-corrected chi connectivity index (χ2v) is 8.13. The largest absolute Gasteiger partial charge is 0.493 e. The second-order valence-electron chi connectivity index (χ2n) is 5.73. The van der Waals surface area contributed by atoms with Gasteiger partial charge in [0, 0.05) is 12.0 Å². The molecule has 3 rings (SSSR count). The van der Waals surface area contributed by atoms with Crippen LogP contribution in [0.1, 0.15) is 30.9 Å². The molecule has 120 valence electrons. The Balaban J connectivity index is 1.65. The molecule has 1 aromatic rings. The predicted octanol–water partition coefficient (Wildman–Crippen LogP) is 0.992. The maximum Gasteiger partial charge on any atom is 0.189 e. The van der Waals surface area contributed by atoms with Crippen molar-refractivity contribution in [3.05, 3.63) is 29.8 Å². The zero-order chi connectivity index (χ0) is 15.6. The third-order valence-electron chi connectivity index (χ3n) is 4.21. The summed E-state index contributed by atoms with van der Waals surface area (Å²) in [6, 6.07) is 7.88. The second kappa shape index (κ2) is 6.16. The molecule has 2 aliphatic heterocycles. The molecular weight excluding hydrogens is 302 g/mol. The molecule has 2 unspecified atom stereocenters. The number of sulfone groups is 1. The van der Waals surface area contributed by atoms with Gasteiger partial charge in [0.15, 0.2) is 15.8 Å². The van der Waals surface area contributed by atoms with E-state index in [1.807, 2.05) is 24.3 Å². The van der Waals surface area contributed by atoms with Crippen LogP contribution in [0.5, 0.6) is 5.75 Å². The van der Waals surface area contributed by atoms with Gasteiger partial charge in [-0.25, -0.2) is 8.42 Å². The molecule has 3 N–H and O–H groups in total. The molecule has 6 nitrogen and oxygen atoms in total. The molecule has 2 atom stereocenters. The number of nitrogens with two attached hydrogens (primary N) is 1. The lowest BCUT2D eigenvalue weighted by Gasteiger charge is -2.27. The maximum absolute atomic E-state index is 11.8. The van der Waals surface area contributed by atoms with Crippen molar-refractivity contribution in [3.8, 4) is 5.75 Å². The van der Waals surface area contributed by atoms with Crippen molar-refractivity contribution in [2.45, 2.75) is 30.6 Å². The highest BCUT2D eigenvalue weighted by Crippen LogP contribution is 2.31. The van der Waals surface area contributed by atoms with Gasteiger partial charge in [-0.1, -0.05) is 18.2 Å². The van der Waals surface area contributed by atoms with Crippen LogP contribution in [0, 0.1) is 0 Å². The molecule has 2 aliphatic rings. The maximum atomic E-state index is 11.8. The molecule has 1 fully saturated rings. The molecular formula is C15H21N3O3S. The lowest BCUT2D eigenvalue weighted by Crippen LogP contribution is -2.38. The monoisotopic (exact) mass is 323 g/mol. The standard InChI is InChI=1S/C15H21N3O3S/c16-15(17-10-11-4-3-9-22(11,19)20)18-13-7-8-21-14-6-2-1-5-12(13)14/h1-2,5-6,11,13H,3-4,7-10H2,(H3,16,17,18). The summed E-state index contributed by atoms with van der Waals surface area (Å²) in [5.41, 5.74) is 6.99. The van der Waals surface area contributed by atoms with Gasteiger partial charge in [-0.2, -0.15) is 0 Å². The molecule has 2 heterocycles. The average molecular weight is 323 g/mol. The summed E-state index contributed by atoms with van der Waals surface area (Å²) >= 11 is 0. The third kappa shape index (κ3) is 3.19. The van der Waals surface area contributed by atoms with Gasteiger partial charge >= 0.3 is 0 Å². The van der Waals surface area contributed by atoms with Crippen LogP contribution in [0.2, 0.25) is 0 Å². The van der Waals surface area contributed by atoms with E-state index in [4.69, 9.17) is 10.5 Å². The fourth-order valence-corrected chi connectivity index (χ4v) is 4.71.